The predicted octanol–water partition coefficient (Wildman–Crippen LogP) is 3.22. The molecule has 4 rings (SSSR count). The molecule has 0 radical (unpaired) electrons. The Morgan fingerprint density at radius 1 is 1.15 bits per heavy atom. The van der Waals surface area contributed by atoms with Crippen LogP contribution in [-0.2, 0) is 4.79 Å². The summed E-state index contributed by atoms with van der Waals surface area (Å²) in [7, 11) is 1.62. The second kappa shape index (κ2) is 7.58. The van der Waals surface area contributed by atoms with Crippen molar-refractivity contribution in [1.82, 2.24) is 14.7 Å². The summed E-state index contributed by atoms with van der Waals surface area (Å²) in [5.74, 6) is 0.672. The van der Waals surface area contributed by atoms with Gasteiger partial charge in [-0.1, -0.05) is 29.8 Å². The summed E-state index contributed by atoms with van der Waals surface area (Å²) in [5.41, 5.74) is 2.04. The van der Waals surface area contributed by atoms with Gasteiger partial charge in [-0.05, 0) is 18.2 Å². The lowest BCUT2D eigenvalue weighted by Gasteiger charge is -2.38. The fourth-order valence-corrected chi connectivity index (χ4v) is 3.79. The third kappa shape index (κ3) is 3.38. The number of nitrogens with zero attached hydrogens (tertiary/aromatic N) is 4. The van der Waals surface area contributed by atoms with Crippen LogP contribution < -0.4 is 9.64 Å². The van der Waals surface area contributed by atoms with Crippen LogP contribution in [0.2, 0.25) is 5.02 Å². The van der Waals surface area contributed by atoms with E-state index in [2.05, 4.69) is 14.9 Å². The Kier molecular flexibility index (Phi) is 5.01. The number of fused-ring (bicyclic) bond motifs is 1. The van der Waals surface area contributed by atoms with Crippen molar-refractivity contribution in [3.05, 3.63) is 53.7 Å². The number of methoxy groups -OCH3 is 1. The van der Waals surface area contributed by atoms with E-state index in [1.165, 1.54) is 0 Å². The lowest BCUT2D eigenvalue weighted by atomic mass is 10.2. The Balaban J connectivity index is 1.50. The first-order chi connectivity index (χ1) is 13.2. The van der Waals surface area contributed by atoms with E-state index in [9.17, 15) is 4.79 Å². The number of piperazine rings is 1. The van der Waals surface area contributed by atoms with Crippen molar-refractivity contribution in [2.45, 2.75) is 6.17 Å². The maximum Gasteiger partial charge on any atom is 0.161 e. The summed E-state index contributed by atoms with van der Waals surface area (Å²) >= 11 is 6.12. The van der Waals surface area contributed by atoms with Gasteiger partial charge < -0.3 is 9.64 Å². The van der Waals surface area contributed by atoms with Crippen LogP contribution in [0.25, 0.3) is 10.9 Å². The normalized spacial score (nSPS) is 16.4. The highest BCUT2D eigenvalue weighted by atomic mass is 35.5. The fourth-order valence-electron chi connectivity index (χ4n) is 3.59. The Morgan fingerprint density at radius 2 is 1.93 bits per heavy atom. The number of aldehydes is 1. The fraction of sp³-hybridized carbons (Fsp3) is 0.300. The number of hydrogen-bond donors (Lipinski definition) is 0. The van der Waals surface area contributed by atoms with Crippen LogP contribution in [0.5, 0.6) is 5.75 Å². The van der Waals surface area contributed by atoms with Crippen molar-refractivity contribution in [2.75, 3.05) is 38.2 Å². The average Bonchev–Trinajstić information content (AvgIpc) is 3.14. The highest BCUT2D eigenvalue weighted by Gasteiger charge is 2.26. The minimum atomic E-state index is -0.396. The molecule has 2 heterocycles. The minimum Gasteiger partial charge on any atom is -0.495 e. The molecule has 1 saturated heterocycles. The second-order valence-corrected chi connectivity index (χ2v) is 6.95. The number of aromatic nitrogens is 2. The number of anilines is 1. The van der Waals surface area contributed by atoms with Gasteiger partial charge in [-0.2, -0.15) is 5.10 Å². The zero-order valence-corrected chi connectivity index (χ0v) is 15.8. The first kappa shape index (κ1) is 17.8. The Hall–Kier alpha value is -2.57. The van der Waals surface area contributed by atoms with Crippen LogP contribution in [0.3, 0.4) is 0 Å². The average molecular weight is 385 g/mol. The van der Waals surface area contributed by atoms with Gasteiger partial charge in [0.2, 0.25) is 0 Å². The molecule has 27 heavy (non-hydrogen) atoms. The van der Waals surface area contributed by atoms with Crippen LogP contribution in [0, 0.1) is 0 Å². The molecule has 3 aromatic rings. The number of ether oxygens (including phenoxy) is 1. The van der Waals surface area contributed by atoms with Crippen LogP contribution in [0.15, 0.2) is 48.7 Å². The zero-order chi connectivity index (χ0) is 18.8. The Bertz CT molecular complexity index is 950. The third-order valence-corrected chi connectivity index (χ3v) is 5.38. The van der Waals surface area contributed by atoms with Crippen molar-refractivity contribution >= 4 is 34.5 Å². The summed E-state index contributed by atoms with van der Waals surface area (Å²) in [6.07, 6.45) is 2.38. The van der Waals surface area contributed by atoms with Crippen molar-refractivity contribution in [3.63, 3.8) is 0 Å². The summed E-state index contributed by atoms with van der Waals surface area (Å²) < 4.78 is 7.12. The maximum atomic E-state index is 11.9. The molecule has 0 N–H and O–H groups in total. The molecule has 1 aliphatic rings. The van der Waals surface area contributed by atoms with Gasteiger partial charge in [-0.25, -0.2) is 4.68 Å². The van der Waals surface area contributed by atoms with Gasteiger partial charge in [0.05, 0.1) is 23.8 Å². The molecule has 1 atom stereocenters. The Labute approximate surface area is 162 Å². The van der Waals surface area contributed by atoms with Gasteiger partial charge in [0, 0.05) is 43.3 Å². The molecule has 140 valence electrons. The molecular weight excluding hydrogens is 364 g/mol. The third-order valence-electron chi connectivity index (χ3n) is 5.07. The Morgan fingerprint density at radius 3 is 2.67 bits per heavy atom. The molecule has 1 aromatic heterocycles. The molecule has 6 nitrogen and oxygen atoms in total. The van der Waals surface area contributed by atoms with Crippen molar-refractivity contribution in [1.29, 1.82) is 0 Å². The first-order valence-electron chi connectivity index (χ1n) is 8.91. The van der Waals surface area contributed by atoms with Gasteiger partial charge in [-0.15, -0.1) is 0 Å². The lowest BCUT2D eigenvalue weighted by Crippen LogP contribution is -2.49. The van der Waals surface area contributed by atoms with Gasteiger partial charge in [0.25, 0.3) is 0 Å². The van der Waals surface area contributed by atoms with Crippen LogP contribution >= 0.6 is 11.6 Å². The lowest BCUT2D eigenvalue weighted by molar-refractivity contribution is -0.115. The molecular formula is C20H21ClN4O2. The summed E-state index contributed by atoms with van der Waals surface area (Å²) in [6, 6.07) is 13.8. The van der Waals surface area contributed by atoms with Gasteiger partial charge in [-0.3, -0.25) is 9.69 Å². The number of benzene rings is 2. The van der Waals surface area contributed by atoms with E-state index >= 15 is 0 Å². The number of halogens is 1. The molecule has 2 aromatic carbocycles. The highest BCUT2D eigenvalue weighted by molar-refractivity contribution is 6.32. The monoisotopic (exact) mass is 384 g/mol. The van der Waals surface area contributed by atoms with Crippen LogP contribution in [0.4, 0.5) is 5.69 Å². The number of para-hydroxylation sites is 1. The van der Waals surface area contributed by atoms with Gasteiger partial charge >= 0.3 is 0 Å². The quantitative estimate of drug-likeness (QED) is 0.632. The largest absolute Gasteiger partial charge is 0.495 e. The highest BCUT2D eigenvalue weighted by Crippen LogP contribution is 2.30. The van der Waals surface area contributed by atoms with E-state index in [-0.39, 0.29) is 0 Å². The summed E-state index contributed by atoms with van der Waals surface area (Å²) in [6.45, 7) is 3.16. The number of carbonyl (C=O) groups excluding carboxylic acids is 1. The van der Waals surface area contributed by atoms with E-state index in [1.807, 2.05) is 53.3 Å². The van der Waals surface area contributed by atoms with Crippen molar-refractivity contribution in [3.8, 4) is 5.75 Å². The SMILES string of the molecule is COc1cc(N2CCN(C(C=O)n3ncc4ccccc43)CC2)ccc1Cl. The predicted molar refractivity (Wildman–Crippen MR) is 107 cm³/mol. The summed E-state index contributed by atoms with van der Waals surface area (Å²) in [4.78, 5) is 16.3. The first-order valence-corrected chi connectivity index (χ1v) is 9.29. The van der Waals surface area contributed by atoms with Crippen LogP contribution in [0.1, 0.15) is 6.17 Å². The van der Waals surface area contributed by atoms with Crippen molar-refractivity contribution < 1.29 is 9.53 Å². The number of carbonyl (C=O) groups is 1. The molecule has 1 fully saturated rings. The molecule has 0 bridgehead atoms. The van der Waals surface area contributed by atoms with Gasteiger partial charge in [0.15, 0.2) is 12.5 Å². The molecule has 0 amide bonds. The van der Waals surface area contributed by atoms with E-state index in [1.54, 1.807) is 7.11 Å². The van der Waals surface area contributed by atoms with Gasteiger partial charge in [0.1, 0.15) is 5.75 Å². The van der Waals surface area contributed by atoms with E-state index in [4.69, 9.17) is 16.3 Å². The van der Waals surface area contributed by atoms with Crippen LogP contribution in [-0.4, -0.2) is 54.3 Å². The van der Waals surface area contributed by atoms with E-state index in [0.29, 0.717) is 10.8 Å². The maximum absolute atomic E-state index is 11.9. The van der Waals surface area contributed by atoms with E-state index < -0.39 is 6.17 Å². The molecule has 1 unspecified atom stereocenters. The summed E-state index contributed by atoms with van der Waals surface area (Å²) in [5, 5.41) is 6.09. The standard InChI is InChI=1S/C20H21ClN4O2/c1-27-19-12-16(6-7-17(19)21)23-8-10-24(11-9-23)20(14-26)25-18-5-3-2-4-15(18)13-22-25/h2-7,12-14,20H,8-11H2,1H3. The van der Waals surface area contributed by atoms with E-state index in [0.717, 1.165) is 49.1 Å². The topological polar surface area (TPSA) is 50.6 Å². The molecule has 1 aliphatic heterocycles. The zero-order valence-electron chi connectivity index (χ0n) is 15.1. The molecule has 0 saturated carbocycles. The second-order valence-electron chi connectivity index (χ2n) is 6.54. The minimum absolute atomic E-state index is 0.396. The van der Waals surface area contributed by atoms with Crippen molar-refractivity contribution in [2.24, 2.45) is 0 Å². The number of hydrogen-bond acceptors (Lipinski definition) is 5. The molecule has 7 heteroatoms. The number of rotatable bonds is 5. The molecule has 0 aliphatic carbocycles. The molecule has 0 spiro atoms. The smallest absolute Gasteiger partial charge is 0.161 e.